The topological polar surface area (TPSA) is 75.3 Å². The van der Waals surface area contributed by atoms with Gasteiger partial charge in [0.05, 0.1) is 0 Å². The standard InChI is InChI=1S/C14H24N4O/c1-3-12-16-13(15)10(2)14(17-12)18-8-4-6-11(18)7-5-9-19/h11,19H,3-9H2,1-2H3,(H2,15,16,17). The van der Waals surface area contributed by atoms with Crippen molar-refractivity contribution < 1.29 is 5.11 Å². The van der Waals surface area contributed by atoms with Gasteiger partial charge >= 0.3 is 0 Å². The third kappa shape index (κ3) is 2.97. The smallest absolute Gasteiger partial charge is 0.137 e. The van der Waals surface area contributed by atoms with Gasteiger partial charge in [-0.2, -0.15) is 0 Å². The lowest BCUT2D eigenvalue weighted by atomic mass is 10.1. The van der Waals surface area contributed by atoms with Crippen LogP contribution in [0, 0.1) is 6.92 Å². The van der Waals surface area contributed by atoms with Crippen LogP contribution in [0.15, 0.2) is 0 Å². The quantitative estimate of drug-likeness (QED) is 0.846. The maximum Gasteiger partial charge on any atom is 0.137 e. The van der Waals surface area contributed by atoms with Gasteiger partial charge in [0.1, 0.15) is 17.5 Å². The SMILES string of the molecule is CCc1nc(N)c(C)c(N2CCCC2CCCO)n1. The first-order chi connectivity index (χ1) is 9.17. The van der Waals surface area contributed by atoms with E-state index < -0.39 is 0 Å². The Bertz CT molecular complexity index is 436. The summed E-state index contributed by atoms with van der Waals surface area (Å²) in [5.41, 5.74) is 6.97. The van der Waals surface area contributed by atoms with Crippen LogP contribution < -0.4 is 10.6 Å². The van der Waals surface area contributed by atoms with E-state index in [2.05, 4.69) is 14.9 Å². The lowest BCUT2D eigenvalue weighted by molar-refractivity contribution is 0.279. The van der Waals surface area contributed by atoms with Gasteiger partial charge in [0.25, 0.3) is 0 Å². The molecule has 1 aromatic heterocycles. The van der Waals surface area contributed by atoms with E-state index in [1.54, 1.807) is 0 Å². The Balaban J connectivity index is 2.26. The summed E-state index contributed by atoms with van der Waals surface area (Å²) in [6, 6.07) is 0.477. The highest BCUT2D eigenvalue weighted by Crippen LogP contribution is 2.30. The van der Waals surface area contributed by atoms with E-state index in [4.69, 9.17) is 10.8 Å². The van der Waals surface area contributed by atoms with Gasteiger partial charge in [-0.3, -0.25) is 0 Å². The fourth-order valence-electron chi connectivity index (χ4n) is 2.75. The monoisotopic (exact) mass is 264 g/mol. The van der Waals surface area contributed by atoms with E-state index in [1.807, 2.05) is 13.8 Å². The van der Waals surface area contributed by atoms with Crippen LogP contribution in [0.4, 0.5) is 11.6 Å². The molecule has 1 fully saturated rings. The van der Waals surface area contributed by atoms with Crippen molar-refractivity contribution in [1.29, 1.82) is 0 Å². The molecule has 1 aliphatic heterocycles. The Kier molecular flexibility index (Phi) is 4.58. The number of nitrogen functional groups attached to an aromatic ring is 1. The van der Waals surface area contributed by atoms with Gasteiger partial charge in [0.2, 0.25) is 0 Å². The molecular weight excluding hydrogens is 240 g/mol. The summed E-state index contributed by atoms with van der Waals surface area (Å²) in [6.45, 7) is 5.32. The molecule has 0 aromatic carbocycles. The number of nitrogens with two attached hydrogens (primary N) is 1. The zero-order valence-electron chi connectivity index (χ0n) is 11.9. The highest BCUT2D eigenvalue weighted by Gasteiger charge is 2.27. The Labute approximate surface area is 114 Å². The second kappa shape index (κ2) is 6.19. The number of hydrogen-bond donors (Lipinski definition) is 2. The van der Waals surface area contributed by atoms with E-state index in [0.29, 0.717) is 11.9 Å². The molecule has 2 heterocycles. The van der Waals surface area contributed by atoms with Crippen LogP contribution >= 0.6 is 0 Å². The zero-order valence-corrected chi connectivity index (χ0v) is 11.9. The van der Waals surface area contributed by atoms with Gasteiger partial charge in [0.15, 0.2) is 0 Å². The van der Waals surface area contributed by atoms with Crippen LogP contribution in [-0.2, 0) is 6.42 Å². The van der Waals surface area contributed by atoms with E-state index in [-0.39, 0.29) is 6.61 Å². The summed E-state index contributed by atoms with van der Waals surface area (Å²) in [5, 5.41) is 9.00. The average Bonchev–Trinajstić information content (AvgIpc) is 2.87. The second-order valence-corrected chi connectivity index (χ2v) is 5.18. The van der Waals surface area contributed by atoms with Gasteiger partial charge in [-0.25, -0.2) is 9.97 Å². The van der Waals surface area contributed by atoms with Crippen molar-refractivity contribution >= 4 is 11.6 Å². The summed E-state index contributed by atoms with van der Waals surface area (Å²) in [4.78, 5) is 11.3. The first-order valence-electron chi connectivity index (χ1n) is 7.17. The number of hydrogen-bond acceptors (Lipinski definition) is 5. The Morgan fingerprint density at radius 2 is 2.21 bits per heavy atom. The predicted molar refractivity (Wildman–Crippen MR) is 77.2 cm³/mol. The van der Waals surface area contributed by atoms with Crippen molar-refractivity contribution in [3.63, 3.8) is 0 Å². The first kappa shape index (κ1) is 14.1. The third-order valence-electron chi connectivity index (χ3n) is 3.86. The van der Waals surface area contributed by atoms with Crippen LogP contribution in [0.25, 0.3) is 0 Å². The predicted octanol–water partition coefficient (Wildman–Crippen LogP) is 1.67. The Morgan fingerprint density at radius 1 is 1.42 bits per heavy atom. The molecule has 5 nitrogen and oxygen atoms in total. The fraction of sp³-hybridized carbons (Fsp3) is 0.714. The number of aliphatic hydroxyl groups excluding tert-OH is 1. The summed E-state index contributed by atoms with van der Waals surface area (Å²) < 4.78 is 0. The van der Waals surface area contributed by atoms with Crippen LogP contribution in [0.5, 0.6) is 0 Å². The van der Waals surface area contributed by atoms with E-state index in [0.717, 1.165) is 43.0 Å². The van der Waals surface area contributed by atoms with Crippen LogP contribution in [0.3, 0.4) is 0 Å². The molecule has 3 N–H and O–H groups in total. The van der Waals surface area contributed by atoms with Gasteiger partial charge in [-0.05, 0) is 32.6 Å². The molecule has 0 bridgehead atoms. The number of anilines is 2. The summed E-state index contributed by atoms with van der Waals surface area (Å²) in [5.74, 6) is 2.39. The van der Waals surface area contributed by atoms with Gasteiger partial charge in [0, 0.05) is 31.2 Å². The molecule has 0 spiro atoms. The fourth-order valence-corrected chi connectivity index (χ4v) is 2.75. The molecule has 0 radical (unpaired) electrons. The van der Waals surface area contributed by atoms with Crippen molar-refractivity contribution in [3.8, 4) is 0 Å². The summed E-state index contributed by atoms with van der Waals surface area (Å²) >= 11 is 0. The van der Waals surface area contributed by atoms with E-state index in [1.165, 1.54) is 12.8 Å². The van der Waals surface area contributed by atoms with Crippen LogP contribution in [0.1, 0.15) is 44.0 Å². The van der Waals surface area contributed by atoms with Crippen molar-refractivity contribution in [2.75, 3.05) is 23.8 Å². The molecule has 106 valence electrons. The molecule has 1 aliphatic rings. The minimum absolute atomic E-state index is 0.259. The molecule has 1 saturated heterocycles. The van der Waals surface area contributed by atoms with E-state index >= 15 is 0 Å². The maximum atomic E-state index is 9.00. The number of aliphatic hydroxyl groups is 1. The summed E-state index contributed by atoms with van der Waals surface area (Å²) in [7, 11) is 0. The normalized spacial score (nSPS) is 19.1. The van der Waals surface area contributed by atoms with Gasteiger partial charge < -0.3 is 15.7 Å². The van der Waals surface area contributed by atoms with Gasteiger partial charge in [-0.15, -0.1) is 0 Å². The lowest BCUT2D eigenvalue weighted by Gasteiger charge is -2.27. The Hall–Kier alpha value is -1.36. The molecule has 19 heavy (non-hydrogen) atoms. The highest BCUT2D eigenvalue weighted by molar-refractivity contribution is 5.57. The lowest BCUT2D eigenvalue weighted by Crippen LogP contribution is -2.31. The average molecular weight is 264 g/mol. The molecule has 5 heteroatoms. The Morgan fingerprint density at radius 3 is 2.89 bits per heavy atom. The largest absolute Gasteiger partial charge is 0.396 e. The molecule has 1 aromatic rings. The van der Waals surface area contributed by atoms with E-state index in [9.17, 15) is 0 Å². The molecule has 1 atom stereocenters. The van der Waals surface area contributed by atoms with Gasteiger partial charge in [-0.1, -0.05) is 6.92 Å². The number of aromatic nitrogens is 2. The molecular formula is C14H24N4O. The number of aryl methyl sites for hydroxylation is 1. The minimum Gasteiger partial charge on any atom is -0.396 e. The van der Waals surface area contributed by atoms with Crippen LogP contribution in [-0.4, -0.2) is 34.3 Å². The molecule has 2 rings (SSSR count). The number of nitrogens with zero attached hydrogens (tertiary/aromatic N) is 3. The first-order valence-corrected chi connectivity index (χ1v) is 7.17. The van der Waals surface area contributed by atoms with Crippen molar-refractivity contribution in [1.82, 2.24) is 9.97 Å². The number of rotatable bonds is 5. The van der Waals surface area contributed by atoms with Crippen molar-refractivity contribution in [3.05, 3.63) is 11.4 Å². The molecule has 0 amide bonds. The van der Waals surface area contributed by atoms with Crippen molar-refractivity contribution in [2.24, 2.45) is 0 Å². The zero-order chi connectivity index (χ0) is 13.8. The molecule has 0 aliphatic carbocycles. The maximum absolute atomic E-state index is 9.00. The molecule has 1 unspecified atom stereocenters. The summed E-state index contributed by atoms with van der Waals surface area (Å²) in [6.07, 6.45) is 5.01. The van der Waals surface area contributed by atoms with Crippen molar-refractivity contribution in [2.45, 2.75) is 52.0 Å². The molecule has 0 saturated carbocycles. The second-order valence-electron chi connectivity index (χ2n) is 5.18. The highest BCUT2D eigenvalue weighted by atomic mass is 16.2. The minimum atomic E-state index is 0.259. The van der Waals surface area contributed by atoms with Crippen LogP contribution in [0.2, 0.25) is 0 Å². The third-order valence-corrected chi connectivity index (χ3v) is 3.86.